The summed E-state index contributed by atoms with van der Waals surface area (Å²) in [6.07, 6.45) is 2.17. The summed E-state index contributed by atoms with van der Waals surface area (Å²) < 4.78 is 5.07. The zero-order chi connectivity index (χ0) is 13.8. The molecule has 1 aliphatic carbocycles. The minimum atomic E-state index is -0.587. The van der Waals surface area contributed by atoms with Crippen LogP contribution in [0.3, 0.4) is 0 Å². The predicted molar refractivity (Wildman–Crippen MR) is 72.3 cm³/mol. The molecule has 1 saturated carbocycles. The second kappa shape index (κ2) is 6.50. The maximum absolute atomic E-state index is 11.9. The highest BCUT2D eigenvalue weighted by Crippen LogP contribution is 2.40. The molecule has 0 spiro atoms. The lowest BCUT2D eigenvalue weighted by Crippen LogP contribution is -2.64. The van der Waals surface area contributed by atoms with Gasteiger partial charge in [-0.15, -0.1) is 0 Å². The van der Waals surface area contributed by atoms with Crippen LogP contribution in [-0.2, 0) is 9.53 Å². The fraction of sp³-hybridized carbons (Fsp3) is 0.923. The number of hydrogen-bond donors (Lipinski definition) is 2. The number of methoxy groups -OCH3 is 1. The van der Waals surface area contributed by atoms with Gasteiger partial charge in [0.25, 0.3) is 0 Å². The highest BCUT2D eigenvalue weighted by atomic mass is 16.5. The highest BCUT2D eigenvalue weighted by molar-refractivity contribution is 5.86. The Morgan fingerprint density at radius 2 is 2.17 bits per heavy atom. The van der Waals surface area contributed by atoms with Crippen LogP contribution in [0.1, 0.15) is 26.7 Å². The van der Waals surface area contributed by atoms with Gasteiger partial charge in [-0.05, 0) is 39.7 Å². The molecule has 18 heavy (non-hydrogen) atoms. The van der Waals surface area contributed by atoms with Gasteiger partial charge in [-0.3, -0.25) is 10.1 Å². The summed E-state index contributed by atoms with van der Waals surface area (Å²) in [4.78, 5) is 14.1. The Kier molecular flexibility index (Phi) is 5.56. The molecule has 1 rings (SSSR count). The molecule has 0 aromatic heterocycles. The van der Waals surface area contributed by atoms with Crippen molar-refractivity contribution in [1.82, 2.24) is 10.2 Å². The van der Waals surface area contributed by atoms with E-state index in [1.54, 1.807) is 7.11 Å². The van der Waals surface area contributed by atoms with Gasteiger partial charge in [-0.25, -0.2) is 0 Å². The molecule has 1 atom stereocenters. The van der Waals surface area contributed by atoms with E-state index in [1.165, 1.54) is 0 Å². The lowest BCUT2D eigenvalue weighted by Gasteiger charge is -2.37. The quantitative estimate of drug-likeness (QED) is 0.619. The SMILES string of the molecule is COCCN(C)CC(NC(C)C)(C(N)=O)C1CC1. The molecular formula is C13H27N3O2. The van der Waals surface area contributed by atoms with Crippen molar-refractivity contribution in [2.45, 2.75) is 38.3 Å². The molecule has 1 unspecified atom stereocenters. The summed E-state index contributed by atoms with van der Waals surface area (Å²) in [5, 5.41) is 3.41. The molecular weight excluding hydrogens is 230 g/mol. The van der Waals surface area contributed by atoms with Gasteiger partial charge >= 0.3 is 0 Å². The molecule has 0 aromatic rings. The third-order valence-electron chi connectivity index (χ3n) is 3.46. The van der Waals surface area contributed by atoms with Gasteiger partial charge in [-0.2, -0.15) is 0 Å². The van der Waals surface area contributed by atoms with Gasteiger partial charge in [0.1, 0.15) is 5.54 Å². The van der Waals surface area contributed by atoms with Crippen LogP contribution in [0.4, 0.5) is 0 Å². The molecule has 5 heteroatoms. The van der Waals surface area contributed by atoms with Crippen molar-refractivity contribution in [2.75, 3.05) is 33.9 Å². The molecule has 3 N–H and O–H groups in total. The molecule has 1 amide bonds. The number of hydrogen-bond acceptors (Lipinski definition) is 4. The molecule has 5 nitrogen and oxygen atoms in total. The molecule has 0 saturated heterocycles. The molecule has 1 aliphatic rings. The number of nitrogens with one attached hydrogen (secondary N) is 1. The van der Waals surface area contributed by atoms with E-state index in [4.69, 9.17) is 10.5 Å². The fourth-order valence-corrected chi connectivity index (χ4v) is 2.49. The molecule has 0 bridgehead atoms. The van der Waals surface area contributed by atoms with E-state index in [0.29, 0.717) is 19.1 Å². The topological polar surface area (TPSA) is 67.6 Å². The standard InChI is InChI=1S/C13H27N3O2/c1-10(2)15-13(12(14)17,11-5-6-11)9-16(3)7-8-18-4/h10-11,15H,5-9H2,1-4H3,(H2,14,17). The summed E-state index contributed by atoms with van der Waals surface area (Å²) in [7, 11) is 3.68. The van der Waals surface area contributed by atoms with E-state index in [1.807, 2.05) is 7.05 Å². The lowest BCUT2D eigenvalue weighted by molar-refractivity contribution is -0.126. The minimum Gasteiger partial charge on any atom is -0.383 e. The molecule has 0 aromatic carbocycles. The number of likely N-dealkylation sites (N-methyl/N-ethyl adjacent to an activating group) is 1. The van der Waals surface area contributed by atoms with Gasteiger partial charge in [0, 0.05) is 26.2 Å². The Labute approximate surface area is 110 Å². The normalized spacial score (nSPS) is 19.2. The first kappa shape index (κ1) is 15.4. The van der Waals surface area contributed by atoms with Crippen molar-refractivity contribution in [3.63, 3.8) is 0 Å². The van der Waals surface area contributed by atoms with Crippen LogP contribution in [0.15, 0.2) is 0 Å². The number of rotatable bonds is 9. The van der Waals surface area contributed by atoms with Crippen molar-refractivity contribution >= 4 is 5.91 Å². The average Bonchev–Trinajstić information content (AvgIpc) is 3.08. The van der Waals surface area contributed by atoms with E-state index < -0.39 is 5.54 Å². The third kappa shape index (κ3) is 3.93. The van der Waals surface area contributed by atoms with Crippen molar-refractivity contribution in [3.05, 3.63) is 0 Å². The molecule has 106 valence electrons. The molecule has 0 radical (unpaired) electrons. The van der Waals surface area contributed by atoms with Crippen LogP contribution >= 0.6 is 0 Å². The first-order valence-electron chi connectivity index (χ1n) is 6.67. The van der Waals surface area contributed by atoms with Crippen LogP contribution < -0.4 is 11.1 Å². The van der Waals surface area contributed by atoms with E-state index >= 15 is 0 Å². The number of amides is 1. The Hall–Kier alpha value is -0.650. The Morgan fingerprint density at radius 1 is 1.56 bits per heavy atom. The van der Waals surface area contributed by atoms with Gasteiger partial charge in [0.15, 0.2) is 0 Å². The van der Waals surface area contributed by atoms with Gasteiger partial charge in [0.05, 0.1) is 6.61 Å². The smallest absolute Gasteiger partial charge is 0.239 e. The van der Waals surface area contributed by atoms with Crippen molar-refractivity contribution in [3.8, 4) is 0 Å². The van der Waals surface area contributed by atoms with Gasteiger partial charge in [0.2, 0.25) is 5.91 Å². The maximum Gasteiger partial charge on any atom is 0.239 e. The van der Waals surface area contributed by atoms with Crippen molar-refractivity contribution < 1.29 is 9.53 Å². The van der Waals surface area contributed by atoms with Crippen molar-refractivity contribution in [2.24, 2.45) is 11.7 Å². The Morgan fingerprint density at radius 3 is 2.56 bits per heavy atom. The molecule has 0 aliphatic heterocycles. The Bertz CT molecular complexity index is 279. The summed E-state index contributed by atoms with van der Waals surface area (Å²) in [5.74, 6) is 0.144. The number of nitrogens with two attached hydrogens (primary N) is 1. The number of carbonyl (C=O) groups is 1. The van der Waals surface area contributed by atoms with E-state index in [9.17, 15) is 4.79 Å². The first-order chi connectivity index (χ1) is 8.42. The summed E-state index contributed by atoms with van der Waals surface area (Å²) in [6.45, 7) is 6.22. The summed E-state index contributed by atoms with van der Waals surface area (Å²) >= 11 is 0. The third-order valence-corrected chi connectivity index (χ3v) is 3.46. The summed E-state index contributed by atoms with van der Waals surface area (Å²) in [5.41, 5.74) is 5.09. The second-order valence-corrected chi connectivity index (χ2v) is 5.64. The second-order valence-electron chi connectivity index (χ2n) is 5.64. The zero-order valence-corrected chi connectivity index (χ0v) is 12.0. The largest absolute Gasteiger partial charge is 0.383 e. The molecule has 0 heterocycles. The van der Waals surface area contributed by atoms with Crippen LogP contribution in [0.25, 0.3) is 0 Å². The predicted octanol–water partition coefficient (Wildman–Crippen LogP) is 0.197. The monoisotopic (exact) mass is 257 g/mol. The van der Waals surface area contributed by atoms with E-state index in [2.05, 4.69) is 24.1 Å². The summed E-state index contributed by atoms with van der Waals surface area (Å²) in [6, 6.07) is 0.244. The maximum atomic E-state index is 11.9. The number of carbonyl (C=O) groups excluding carboxylic acids is 1. The average molecular weight is 257 g/mol. The van der Waals surface area contributed by atoms with Gasteiger partial charge in [-0.1, -0.05) is 0 Å². The lowest BCUT2D eigenvalue weighted by atomic mass is 9.90. The highest BCUT2D eigenvalue weighted by Gasteiger charge is 2.50. The zero-order valence-electron chi connectivity index (χ0n) is 12.0. The van der Waals surface area contributed by atoms with Crippen LogP contribution in [0.2, 0.25) is 0 Å². The number of nitrogens with zero attached hydrogens (tertiary/aromatic N) is 1. The number of ether oxygens (including phenoxy) is 1. The fourth-order valence-electron chi connectivity index (χ4n) is 2.49. The van der Waals surface area contributed by atoms with Crippen LogP contribution in [0.5, 0.6) is 0 Å². The van der Waals surface area contributed by atoms with E-state index in [-0.39, 0.29) is 11.9 Å². The van der Waals surface area contributed by atoms with Crippen LogP contribution in [-0.4, -0.2) is 56.2 Å². The Balaban J connectivity index is 2.72. The van der Waals surface area contributed by atoms with E-state index in [0.717, 1.165) is 19.4 Å². The minimum absolute atomic E-state index is 0.233. The van der Waals surface area contributed by atoms with Gasteiger partial charge < -0.3 is 15.4 Å². The van der Waals surface area contributed by atoms with Crippen molar-refractivity contribution in [1.29, 1.82) is 0 Å². The first-order valence-corrected chi connectivity index (χ1v) is 6.67. The number of primary amides is 1. The molecule has 1 fully saturated rings. The van der Waals surface area contributed by atoms with Crippen LogP contribution in [0, 0.1) is 5.92 Å².